The zero-order valence-electron chi connectivity index (χ0n) is 17.4. The third-order valence-corrected chi connectivity index (χ3v) is 7.36. The van der Waals surface area contributed by atoms with Crippen LogP contribution in [0.5, 0.6) is 0 Å². The van der Waals surface area contributed by atoms with Crippen molar-refractivity contribution in [3.05, 3.63) is 34.4 Å². The highest BCUT2D eigenvalue weighted by molar-refractivity contribution is 7.85. The molecular weight excluding hydrogens is 428 g/mol. The molecule has 168 valence electrons. The van der Waals surface area contributed by atoms with E-state index in [9.17, 15) is 22.8 Å². The first-order valence-corrected chi connectivity index (χ1v) is 11.7. The van der Waals surface area contributed by atoms with Gasteiger partial charge in [-0.1, -0.05) is 6.07 Å². The molecule has 2 saturated carbocycles. The van der Waals surface area contributed by atoms with Gasteiger partial charge in [0.2, 0.25) is 0 Å². The molecule has 0 spiro atoms. The highest BCUT2D eigenvalue weighted by Crippen LogP contribution is 2.59. The number of rotatable bonds is 6. The van der Waals surface area contributed by atoms with E-state index in [1.165, 1.54) is 0 Å². The molecule has 1 aromatic rings. The summed E-state index contributed by atoms with van der Waals surface area (Å²) < 4.78 is 46.8. The molecule has 1 aromatic carbocycles. The van der Waals surface area contributed by atoms with Gasteiger partial charge >= 0.3 is 17.9 Å². The summed E-state index contributed by atoms with van der Waals surface area (Å²) in [6.07, 6.45) is -0.901. The monoisotopic (exact) mass is 452 g/mol. The minimum Gasteiger partial charge on any atom is -0.464 e. The SMILES string of the molecule is Cc1cc(C)c(C)c(C(=O)OC2C3CC4C2OC(=O)C4C3C(=O)OCCS(=O)(=O)O)c1. The number of fused-ring (bicyclic) bond motifs is 1. The summed E-state index contributed by atoms with van der Waals surface area (Å²) >= 11 is 0. The average molecular weight is 452 g/mol. The number of carbonyl (C=O) groups is 3. The van der Waals surface area contributed by atoms with Gasteiger partial charge in [-0.05, 0) is 49.9 Å². The maximum absolute atomic E-state index is 12.9. The van der Waals surface area contributed by atoms with Crippen molar-refractivity contribution in [2.24, 2.45) is 23.7 Å². The van der Waals surface area contributed by atoms with Gasteiger partial charge in [0.05, 0.1) is 17.4 Å². The third kappa shape index (κ3) is 3.82. The first kappa shape index (κ1) is 21.8. The highest BCUT2D eigenvalue weighted by atomic mass is 32.2. The van der Waals surface area contributed by atoms with Crippen molar-refractivity contribution >= 4 is 28.0 Å². The Bertz CT molecular complexity index is 1060. The molecule has 4 rings (SSSR count). The van der Waals surface area contributed by atoms with E-state index in [1.807, 2.05) is 26.8 Å². The predicted molar refractivity (Wildman–Crippen MR) is 106 cm³/mol. The molecule has 0 amide bonds. The molecule has 3 fully saturated rings. The van der Waals surface area contributed by atoms with Crippen LogP contribution < -0.4 is 0 Å². The number of esters is 3. The van der Waals surface area contributed by atoms with E-state index in [0.717, 1.165) is 16.7 Å². The van der Waals surface area contributed by atoms with Gasteiger partial charge in [-0.2, -0.15) is 8.42 Å². The number of benzene rings is 1. The van der Waals surface area contributed by atoms with Gasteiger partial charge in [0.1, 0.15) is 24.6 Å². The van der Waals surface area contributed by atoms with Crippen LogP contribution in [0.4, 0.5) is 0 Å². The quantitative estimate of drug-likeness (QED) is 0.386. The summed E-state index contributed by atoms with van der Waals surface area (Å²) in [4.78, 5) is 38.0. The van der Waals surface area contributed by atoms with Crippen LogP contribution in [-0.4, -0.2) is 55.4 Å². The summed E-state index contributed by atoms with van der Waals surface area (Å²) in [5, 5.41) is 0. The van der Waals surface area contributed by atoms with Gasteiger partial charge in [0.15, 0.2) is 0 Å². The second-order valence-corrected chi connectivity index (χ2v) is 10.2. The maximum Gasteiger partial charge on any atom is 0.338 e. The van der Waals surface area contributed by atoms with E-state index in [4.69, 9.17) is 18.8 Å². The smallest absolute Gasteiger partial charge is 0.338 e. The second kappa shape index (κ2) is 7.59. The molecule has 6 atom stereocenters. The Labute approximate surface area is 179 Å². The van der Waals surface area contributed by atoms with Gasteiger partial charge < -0.3 is 14.2 Å². The number of carbonyl (C=O) groups excluding carboxylic acids is 3. The van der Waals surface area contributed by atoms with Crippen LogP contribution in [0, 0.1) is 44.4 Å². The minimum atomic E-state index is -4.28. The number of ether oxygens (including phenoxy) is 3. The fraction of sp³-hybridized carbons (Fsp3) is 0.571. The van der Waals surface area contributed by atoms with Crippen LogP contribution in [0.3, 0.4) is 0 Å². The summed E-state index contributed by atoms with van der Waals surface area (Å²) in [6.45, 7) is 5.08. The Kier molecular flexibility index (Phi) is 5.33. The first-order valence-electron chi connectivity index (χ1n) is 10.1. The Balaban J connectivity index is 1.53. The molecule has 1 saturated heterocycles. The Morgan fingerprint density at radius 3 is 2.58 bits per heavy atom. The van der Waals surface area contributed by atoms with Crippen molar-refractivity contribution in [3.63, 3.8) is 0 Å². The van der Waals surface area contributed by atoms with Crippen molar-refractivity contribution in [2.45, 2.75) is 39.4 Å². The molecule has 2 aliphatic carbocycles. The van der Waals surface area contributed by atoms with Gasteiger partial charge in [0, 0.05) is 11.8 Å². The lowest BCUT2D eigenvalue weighted by Gasteiger charge is -2.30. The van der Waals surface area contributed by atoms with Crippen LogP contribution in [0.2, 0.25) is 0 Å². The van der Waals surface area contributed by atoms with Crippen LogP contribution >= 0.6 is 0 Å². The molecule has 1 N–H and O–H groups in total. The number of hydrogen-bond donors (Lipinski definition) is 1. The summed E-state index contributed by atoms with van der Waals surface area (Å²) in [7, 11) is -4.28. The molecule has 1 heterocycles. The van der Waals surface area contributed by atoms with E-state index in [-0.39, 0.29) is 5.92 Å². The Morgan fingerprint density at radius 2 is 1.90 bits per heavy atom. The van der Waals surface area contributed by atoms with Gasteiger partial charge in [-0.25, -0.2) is 4.79 Å². The van der Waals surface area contributed by atoms with Gasteiger partial charge in [-0.15, -0.1) is 0 Å². The molecule has 0 radical (unpaired) electrons. The van der Waals surface area contributed by atoms with Crippen LogP contribution in [0.1, 0.15) is 33.5 Å². The van der Waals surface area contributed by atoms with Crippen LogP contribution in [0.25, 0.3) is 0 Å². The molecule has 3 aliphatic rings. The Hall–Kier alpha value is -2.46. The van der Waals surface area contributed by atoms with E-state index < -0.39 is 70.3 Å². The largest absolute Gasteiger partial charge is 0.464 e. The predicted octanol–water partition coefficient (Wildman–Crippen LogP) is 1.38. The molecule has 2 bridgehead atoms. The maximum atomic E-state index is 12.9. The molecule has 6 unspecified atom stereocenters. The lowest BCUT2D eigenvalue weighted by molar-refractivity contribution is -0.155. The van der Waals surface area contributed by atoms with E-state index in [0.29, 0.717) is 12.0 Å². The number of aryl methyl sites for hydroxylation is 2. The first-order chi connectivity index (χ1) is 14.5. The summed E-state index contributed by atoms with van der Waals surface area (Å²) in [5.41, 5.74) is 3.08. The zero-order valence-corrected chi connectivity index (χ0v) is 18.2. The van der Waals surface area contributed by atoms with E-state index in [2.05, 4.69) is 0 Å². The molecule has 31 heavy (non-hydrogen) atoms. The van der Waals surface area contributed by atoms with Crippen molar-refractivity contribution < 1.29 is 41.6 Å². The molecule has 1 aliphatic heterocycles. The fourth-order valence-corrected chi connectivity index (χ4v) is 5.55. The summed E-state index contributed by atoms with van der Waals surface area (Å²) in [6, 6.07) is 3.70. The normalized spacial score (nSPS) is 30.9. The standard InChI is InChI=1S/C21H24O9S/c1-9-6-10(2)11(3)12(7-9)19(22)29-17-13-8-14-16(21(24)30-18(14)17)15(13)20(23)28-4-5-31(25,26)27/h6-7,13-18H,4-5,8H2,1-3H3,(H,25,26,27). The summed E-state index contributed by atoms with van der Waals surface area (Å²) in [5.74, 6) is -4.84. The van der Waals surface area contributed by atoms with E-state index in [1.54, 1.807) is 6.07 Å². The fourth-order valence-electron chi connectivity index (χ4n) is 5.25. The van der Waals surface area contributed by atoms with Gasteiger partial charge in [-0.3, -0.25) is 14.1 Å². The topological polar surface area (TPSA) is 133 Å². The van der Waals surface area contributed by atoms with Gasteiger partial charge in [0.25, 0.3) is 10.1 Å². The third-order valence-electron chi connectivity index (χ3n) is 6.68. The Morgan fingerprint density at radius 1 is 1.19 bits per heavy atom. The molecule has 10 heteroatoms. The number of hydrogen-bond acceptors (Lipinski definition) is 8. The van der Waals surface area contributed by atoms with Crippen molar-refractivity contribution in [3.8, 4) is 0 Å². The second-order valence-electron chi connectivity index (χ2n) is 8.59. The average Bonchev–Trinajstić information content (AvgIpc) is 3.27. The lowest BCUT2D eigenvalue weighted by atomic mass is 9.78. The van der Waals surface area contributed by atoms with Crippen molar-refractivity contribution in [1.29, 1.82) is 0 Å². The van der Waals surface area contributed by atoms with Crippen LogP contribution in [-0.2, 0) is 33.9 Å². The highest BCUT2D eigenvalue weighted by Gasteiger charge is 2.70. The van der Waals surface area contributed by atoms with Crippen molar-refractivity contribution in [2.75, 3.05) is 12.4 Å². The zero-order chi connectivity index (χ0) is 22.7. The van der Waals surface area contributed by atoms with Crippen LogP contribution in [0.15, 0.2) is 12.1 Å². The van der Waals surface area contributed by atoms with Crippen molar-refractivity contribution in [1.82, 2.24) is 0 Å². The molecule has 0 aromatic heterocycles. The lowest BCUT2D eigenvalue weighted by Crippen LogP contribution is -2.44. The van der Waals surface area contributed by atoms with E-state index >= 15 is 0 Å². The minimum absolute atomic E-state index is 0.255. The molecule has 9 nitrogen and oxygen atoms in total. The molecular formula is C21H24O9S.